The lowest BCUT2D eigenvalue weighted by Gasteiger charge is -2.17. The van der Waals surface area contributed by atoms with Crippen LogP contribution in [-0.2, 0) is 4.79 Å². The van der Waals surface area contributed by atoms with E-state index in [1.807, 2.05) is 0 Å². The Bertz CT molecular complexity index is 187. The van der Waals surface area contributed by atoms with Gasteiger partial charge in [0.05, 0.1) is 0 Å². The highest BCUT2D eigenvalue weighted by Crippen LogP contribution is 2.22. The minimum absolute atomic E-state index is 0.427. The number of rotatable bonds is 6. The van der Waals surface area contributed by atoms with Crippen molar-refractivity contribution in [1.29, 1.82) is 0 Å². The second kappa shape index (κ2) is 6.63. The molecule has 0 amide bonds. The molecule has 2 heteroatoms. The largest absolute Gasteiger partial charge is 0.478 e. The molecule has 14 heavy (non-hydrogen) atoms. The Morgan fingerprint density at radius 2 is 1.86 bits per heavy atom. The predicted octanol–water partition coefficient (Wildman–Crippen LogP) is 3.62. The van der Waals surface area contributed by atoms with Crippen LogP contribution in [0.4, 0.5) is 0 Å². The van der Waals surface area contributed by atoms with Crippen molar-refractivity contribution in [3.63, 3.8) is 0 Å². The van der Waals surface area contributed by atoms with Gasteiger partial charge in [0.25, 0.3) is 0 Å². The van der Waals surface area contributed by atoms with Crippen molar-refractivity contribution in [3.05, 3.63) is 12.2 Å². The molecule has 0 radical (unpaired) electrons. The molecule has 0 aliphatic heterocycles. The molecule has 0 fully saturated rings. The molecule has 0 spiro atoms. The average Bonchev–Trinajstić information content (AvgIpc) is 2.00. The molecule has 82 valence electrons. The minimum Gasteiger partial charge on any atom is -0.478 e. The van der Waals surface area contributed by atoms with Gasteiger partial charge in [-0.2, -0.15) is 0 Å². The van der Waals surface area contributed by atoms with E-state index < -0.39 is 5.97 Å². The first-order valence-electron chi connectivity index (χ1n) is 5.31. The summed E-state index contributed by atoms with van der Waals surface area (Å²) in [4.78, 5) is 10.1. The van der Waals surface area contributed by atoms with Crippen molar-refractivity contribution in [2.45, 2.75) is 52.9 Å². The standard InChI is InChI=1S/C12H22O2/c1-12(2,3)10-8-6-4-5-7-9-11(13)14/h7,9H,4-6,8,10H2,1-3H3,(H,13,14)/b9-7+. The molecule has 0 aromatic heterocycles. The van der Waals surface area contributed by atoms with Crippen LogP contribution in [0.2, 0.25) is 0 Å². The van der Waals surface area contributed by atoms with Gasteiger partial charge in [-0.05, 0) is 24.7 Å². The van der Waals surface area contributed by atoms with Crippen molar-refractivity contribution < 1.29 is 9.90 Å². The van der Waals surface area contributed by atoms with E-state index >= 15 is 0 Å². The third kappa shape index (κ3) is 11.2. The number of carboxylic acids is 1. The fraction of sp³-hybridized carbons (Fsp3) is 0.750. The van der Waals surface area contributed by atoms with Crippen LogP contribution in [0.3, 0.4) is 0 Å². The zero-order valence-electron chi connectivity index (χ0n) is 9.55. The number of hydrogen-bond donors (Lipinski definition) is 1. The van der Waals surface area contributed by atoms with Crippen molar-refractivity contribution in [2.75, 3.05) is 0 Å². The van der Waals surface area contributed by atoms with Crippen LogP contribution in [-0.4, -0.2) is 11.1 Å². The molecule has 0 aromatic rings. The SMILES string of the molecule is CC(C)(C)CCCCC/C=C/C(=O)O. The van der Waals surface area contributed by atoms with Gasteiger partial charge < -0.3 is 5.11 Å². The Morgan fingerprint density at radius 1 is 1.21 bits per heavy atom. The Balaban J connectivity index is 3.27. The van der Waals surface area contributed by atoms with Crippen LogP contribution < -0.4 is 0 Å². The molecular formula is C12H22O2. The highest BCUT2D eigenvalue weighted by molar-refractivity contribution is 5.79. The molecule has 2 nitrogen and oxygen atoms in total. The van der Waals surface area contributed by atoms with Crippen molar-refractivity contribution in [2.24, 2.45) is 5.41 Å². The molecular weight excluding hydrogens is 176 g/mol. The zero-order chi connectivity index (χ0) is 11.0. The van der Waals surface area contributed by atoms with Crippen molar-refractivity contribution in [1.82, 2.24) is 0 Å². The van der Waals surface area contributed by atoms with Gasteiger partial charge in [-0.25, -0.2) is 4.79 Å². The number of unbranched alkanes of at least 4 members (excludes halogenated alkanes) is 3. The smallest absolute Gasteiger partial charge is 0.327 e. The van der Waals surface area contributed by atoms with Crippen molar-refractivity contribution >= 4 is 5.97 Å². The van der Waals surface area contributed by atoms with E-state index in [2.05, 4.69) is 20.8 Å². The van der Waals surface area contributed by atoms with E-state index in [4.69, 9.17) is 5.11 Å². The summed E-state index contributed by atoms with van der Waals surface area (Å²) in [6.45, 7) is 6.74. The van der Waals surface area contributed by atoms with Gasteiger partial charge in [0.1, 0.15) is 0 Å². The van der Waals surface area contributed by atoms with Gasteiger partial charge in [0, 0.05) is 6.08 Å². The summed E-state index contributed by atoms with van der Waals surface area (Å²) in [7, 11) is 0. The topological polar surface area (TPSA) is 37.3 Å². The van der Waals surface area contributed by atoms with Gasteiger partial charge in [-0.3, -0.25) is 0 Å². The summed E-state index contributed by atoms with van der Waals surface area (Å²) in [5.41, 5.74) is 0.427. The summed E-state index contributed by atoms with van der Waals surface area (Å²) >= 11 is 0. The van der Waals surface area contributed by atoms with E-state index in [0.29, 0.717) is 5.41 Å². The molecule has 0 heterocycles. The lowest BCUT2D eigenvalue weighted by molar-refractivity contribution is -0.131. The van der Waals surface area contributed by atoms with E-state index in [1.165, 1.54) is 25.3 Å². The Morgan fingerprint density at radius 3 is 2.36 bits per heavy atom. The monoisotopic (exact) mass is 198 g/mol. The number of allylic oxidation sites excluding steroid dienone is 1. The third-order valence-corrected chi connectivity index (χ3v) is 2.06. The van der Waals surface area contributed by atoms with E-state index in [0.717, 1.165) is 12.8 Å². The van der Waals surface area contributed by atoms with Gasteiger partial charge >= 0.3 is 5.97 Å². The molecule has 0 aromatic carbocycles. The maximum Gasteiger partial charge on any atom is 0.327 e. The number of aliphatic carboxylic acids is 1. The third-order valence-electron chi connectivity index (χ3n) is 2.06. The number of carboxylic acid groups (broad SMARTS) is 1. The molecule has 0 unspecified atom stereocenters. The first-order valence-corrected chi connectivity index (χ1v) is 5.31. The fourth-order valence-electron chi connectivity index (χ4n) is 1.28. The first kappa shape index (κ1) is 13.2. The van der Waals surface area contributed by atoms with Gasteiger partial charge in [-0.1, -0.05) is 39.7 Å². The van der Waals surface area contributed by atoms with E-state index in [9.17, 15) is 4.79 Å². The maximum atomic E-state index is 10.1. The van der Waals surface area contributed by atoms with Gasteiger partial charge in [-0.15, -0.1) is 0 Å². The average molecular weight is 198 g/mol. The van der Waals surface area contributed by atoms with Crippen molar-refractivity contribution in [3.8, 4) is 0 Å². The zero-order valence-corrected chi connectivity index (χ0v) is 9.55. The van der Waals surface area contributed by atoms with Crippen LogP contribution in [0.1, 0.15) is 52.9 Å². The summed E-state index contributed by atoms with van der Waals surface area (Å²) < 4.78 is 0. The summed E-state index contributed by atoms with van der Waals surface area (Å²) in [5.74, 6) is -0.848. The molecule has 0 rings (SSSR count). The fourth-order valence-corrected chi connectivity index (χ4v) is 1.28. The summed E-state index contributed by atoms with van der Waals surface area (Å²) in [6.07, 6.45) is 8.63. The lowest BCUT2D eigenvalue weighted by atomic mass is 9.89. The van der Waals surface area contributed by atoms with Crippen LogP contribution in [0.15, 0.2) is 12.2 Å². The molecule has 1 N–H and O–H groups in total. The Labute approximate surface area is 87.0 Å². The number of carbonyl (C=O) groups is 1. The highest BCUT2D eigenvalue weighted by atomic mass is 16.4. The molecule has 0 bridgehead atoms. The molecule has 0 saturated carbocycles. The molecule has 0 saturated heterocycles. The summed E-state index contributed by atoms with van der Waals surface area (Å²) in [6, 6.07) is 0. The normalized spacial score (nSPS) is 12.2. The van der Waals surface area contributed by atoms with E-state index in [1.54, 1.807) is 6.08 Å². The number of hydrogen-bond acceptors (Lipinski definition) is 1. The molecule has 0 atom stereocenters. The van der Waals surface area contributed by atoms with Gasteiger partial charge in [0.2, 0.25) is 0 Å². The van der Waals surface area contributed by atoms with Crippen LogP contribution in [0.25, 0.3) is 0 Å². The summed E-state index contributed by atoms with van der Waals surface area (Å²) in [5, 5.41) is 8.34. The molecule has 0 aliphatic carbocycles. The van der Waals surface area contributed by atoms with Crippen LogP contribution >= 0.6 is 0 Å². The quantitative estimate of drug-likeness (QED) is 0.522. The minimum atomic E-state index is -0.848. The Kier molecular flexibility index (Phi) is 6.26. The maximum absolute atomic E-state index is 10.1. The lowest BCUT2D eigenvalue weighted by Crippen LogP contribution is -2.03. The molecule has 0 aliphatic rings. The first-order chi connectivity index (χ1) is 6.42. The Hall–Kier alpha value is -0.790. The van der Waals surface area contributed by atoms with Gasteiger partial charge in [0.15, 0.2) is 0 Å². The second-order valence-electron chi connectivity index (χ2n) is 4.90. The highest BCUT2D eigenvalue weighted by Gasteiger charge is 2.08. The van der Waals surface area contributed by atoms with Crippen LogP contribution in [0.5, 0.6) is 0 Å². The van der Waals surface area contributed by atoms with E-state index in [-0.39, 0.29) is 0 Å². The second-order valence-corrected chi connectivity index (χ2v) is 4.90. The predicted molar refractivity (Wildman–Crippen MR) is 59.3 cm³/mol. The van der Waals surface area contributed by atoms with Crippen LogP contribution in [0, 0.1) is 5.41 Å².